The minimum atomic E-state index is -0.0195. The lowest BCUT2D eigenvalue weighted by atomic mass is 10.1. The first-order valence-corrected chi connectivity index (χ1v) is 5.58. The van der Waals surface area contributed by atoms with Crippen LogP contribution in [0, 0.1) is 0 Å². The van der Waals surface area contributed by atoms with Gasteiger partial charge in [-0.15, -0.1) is 0 Å². The second-order valence-electron chi connectivity index (χ2n) is 4.04. The minimum absolute atomic E-state index is 0.0195. The number of nitrogens with zero attached hydrogens (tertiary/aromatic N) is 2. The highest BCUT2D eigenvalue weighted by molar-refractivity contribution is 4.88. The standard InChI is InChI=1S/C10H18N4O/c11-9(10-12-7-13-14-10)5-1-3-8-4-2-6-15-8/h7-9H,1-6,11H2,(H,12,13,14). The van der Waals surface area contributed by atoms with Gasteiger partial charge in [0.05, 0.1) is 12.1 Å². The van der Waals surface area contributed by atoms with Gasteiger partial charge in [0.2, 0.25) is 0 Å². The van der Waals surface area contributed by atoms with Crippen LogP contribution in [0.5, 0.6) is 0 Å². The van der Waals surface area contributed by atoms with Crippen molar-refractivity contribution in [2.75, 3.05) is 6.61 Å². The molecule has 5 heteroatoms. The van der Waals surface area contributed by atoms with Gasteiger partial charge < -0.3 is 10.5 Å². The molecule has 1 fully saturated rings. The summed E-state index contributed by atoms with van der Waals surface area (Å²) in [7, 11) is 0. The van der Waals surface area contributed by atoms with Crippen LogP contribution < -0.4 is 5.73 Å². The topological polar surface area (TPSA) is 76.8 Å². The van der Waals surface area contributed by atoms with E-state index in [2.05, 4.69) is 15.2 Å². The first-order chi connectivity index (χ1) is 7.36. The number of H-pyrrole nitrogens is 1. The molecule has 2 unspecified atom stereocenters. The van der Waals surface area contributed by atoms with Crippen LogP contribution in [-0.4, -0.2) is 27.9 Å². The molecule has 2 heterocycles. The number of aromatic nitrogens is 3. The average molecular weight is 210 g/mol. The van der Waals surface area contributed by atoms with E-state index in [1.54, 1.807) is 0 Å². The van der Waals surface area contributed by atoms with Crippen molar-refractivity contribution in [1.82, 2.24) is 15.2 Å². The number of hydrogen-bond acceptors (Lipinski definition) is 4. The molecule has 2 rings (SSSR count). The molecule has 0 spiro atoms. The van der Waals surface area contributed by atoms with E-state index in [1.165, 1.54) is 19.2 Å². The lowest BCUT2D eigenvalue weighted by Crippen LogP contribution is -2.13. The molecule has 0 saturated carbocycles. The summed E-state index contributed by atoms with van der Waals surface area (Å²) in [6.07, 6.45) is 7.52. The summed E-state index contributed by atoms with van der Waals surface area (Å²) in [4.78, 5) is 4.04. The molecular weight excluding hydrogens is 192 g/mol. The highest BCUT2D eigenvalue weighted by Gasteiger charge is 2.16. The van der Waals surface area contributed by atoms with Crippen molar-refractivity contribution in [1.29, 1.82) is 0 Å². The molecule has 3 N–H and O–H groups in total. The Balaban J connectivity index is 1.65. The fraction of sp³-hybridized carbons (Fsp3) is 0.800. The van der Waals surface area contributed by atoms with Crippen LogP contribution in [0.1, 0.15) is 44.0 Å². The van der Waals surface area contributed by atoms with Gasteiger partial charge in [-0.05, 0) is 32.1 Å². The van der Waals surface area contributed by atoms with E-state index in [9.17, 15) is 0 Å². The fourth-order valence-electron chi connectivity index (χ4n) is 1.97. The maximum atomic E-state index is 5.95. The Hall–Kier alpha value is -0.940. The van der Waals surface area contributed by atoms with E-state index in [0.29, 0.717) is 6.10 Å². The zero-order valence-corrected chi connectivity index (χ0v) is 8.85. The molecule has 2 atom stereocenters. The van der Waals surface area contributed by atoms with E-state index >= 15 is 0 Å². The monoisotopic (exact) mass is 210 g/mol. The lowest BCUT2D eigenvalue weighted by molar-refractivity contribution is 0.101. The SMILES string of the molecule is NC(CCCC1CCCO1)c1ncn[nH]1. The number of aromatic amines is 1. The van der Waals surface area contributed by atoms with Crippen LogP contribution in [-0.2, 0) is 4.74 Å². The van der Waals surface area contributed by atoms with Crippen molar-refractivity contribution in [2.45, 2.75) is 44.2 Å². The molecular formula is C10H18N4O. The van der Waals surface area contributed by atoms with Gasteiger partial charge >= 0.3 is 0 Å². The number of nitrogens with one attached hydrogen (secondary N) is 1. The van der Waals surface area contributed by atoms with Gasteiger partial charge in [0.1, 0.15) is 12.2 Å². The van der Waals surface area contributed by atoms with Crippen LogP contribution in [0.25, 0.3) is 0 Å². The molecule has 0 radical (unpaired) electrons. The van der Waals surface area contributed by atoms with Gasteiger partial charge in [0.15, 0.2) is 0 Å². The zero-order valence-electron chi connectivity index (χ0n) is 8.85. The predicted octanol–water partition coefficient (Wildman–Crippen LogP) is 1.15. The van der Waals surface area contributed by atoms with Crippen molar-refractivity contribution < 1.29 is 4.74 Å². The quantitative estimate of drug-likeness (QED) is 0.764. The summed E-state index contributed by atoms with van der Waals surface area (Å²) in [6, 6.07) is -0.0195. The second kappa shape index (κ2) is 5.23. The maximum Gasteiger partial charge on any atom is 0.141 e. The molecule has 15 heavy (non-hydrogen) atoms. The molecule has 0 amide bonds. The van der Waals surface area contributed by atoms with E-state index in [1.807, 2.05) is 0 Å². The zero-order chi connectivity index (χ0) is 10.5. The van der Waals surface area contributed by atoms with Crippen molar-refractivity contribution in [2.24, 2.45) is 5.73 Å². The maximum absolute atomic E-state index is 5.95. The molecule has 1 aromatic rings. The van der Waals surface area contributed by atoms with Gasteiger partial charge in [-0.1, -0.05) is 0 Å². The third-order valence-corrected chi connectivity index (χ3v) is 2.85. The summed E-state index contributed by atoms with van der Waals surface area (Å²) in [6.45, 7) is 0.929. The molecule has 0 aromatic carbocycles. The van der Waals surface area contributed by atoms with Crippen molar-refractivity contribution in [3.63, 3.8) is 0 Å². The smallest absolute Gasteiger partial charge is 0.141 e. The number of ether oxygens (including phenoxy) is 1. The van der Waals surface area contributed by atoms with Crippen LogP contribution in [0.3, 0.4) is 0 Å². The molecule has 1 aromatic heterocycles. The Morgan fingerprint density at radius 1 is 1.67 bits per heavy atom. The van der Waals surface area contributed by atoms with E-state index in [-0.39, 0.29) is 6.04 Å². The minimum Gasteiger partial charge on any atom is -0.378 e. The van der Waals surface area contributed by atoms with Crippen LogP contribution >= 0.6 is 0 Å². The average Bonchev–Trinajstić information content (AvgIpc) is 2.90. The Morgan fingerprint density at radius 3 is 3.27 bits per heavy atom. The summed E-state index contributed by atoms with van der Waals surface area (Å²) in [5.41, 5.74) is 5.95. The first-order valence-electron chi connectivity index (χ1n) is 5.58. The molecule has 5 nitrogen and oxygen atoms in total. The Morgan fingerprint density at radius 2 is 2.60 bits per heavy atom. The van der Waals surface area contributed by atoms with Crippen LogP contribution in [0.15, 0.2) is 6.33 Å². The van der Waals surface area contributed by atoms with Crippen molar-refractivity contribution in [3.8, 4) is 0 Å². The molecule has 84 valence electrons. The second-order valence-corrected chi connectivity index (χ2v) is 4.04. The van der Waals surface area contributed by atoms with Gasteiger partial charge in [0, 0.05) is 6.61 Å². The van der Waals surface area contributed by atoms with E-state index in [0.717, 1.165) is 31.7 Å². The van der Waals surface area contributed by atoms with Gasteiger partial charge in [-0.25, -0.2) is 4.98 Å². The molecule has 0 bridgehead atoms. The van der Waals surface area contributed by atoms with Gasteiger partial charge in [-0.2, -0.15) is 5.10 Å². The fourth-order valence-corrected chi connectivity index (χ4v) is 1.97. The summed E-state index contributed by atoms with van der Waals surface area (Å²) in [5.74, 6) is 0.780. The highest BCUT2D eigenvalue weighted by atomic mass is 16.5. The largest absolute Gasteiger partial charge is 0.378 e. The predicted molar refractivity (Wildman–Crippen MR) is 56.1 cm³/mol. The van der Waals surface area contributed by atoms with E-state index < -0.39 is 0 Å². The molecule has 1 aliphatic rings. The molecule has 0 aliphatic carbocycles. The Kier molecular flexibility index (Phi) is 3.69. The summed E-state index contributed by atoms with van der Waals surface area (Å²) >= 11 is 0. The van der Waals surface area contributed by atoms with E-state index in [4.69, 9.17) is 10.5 Å². The van der Waals surface area contributed by atoms with Crippen molar-refractivity contribution >= 4 is 0 Å². The Labute approximate surface area is 89.4 Å². The summed E-state index contributed by atoms with van der Waals surface area (Å²) < 4.78 is 5.55. The summed E-state index contributed by atoms with van der Waals surface area (Å²) in [5, 5.41) is 6.59. The third kappa shape index (κ3) is 3.00. The Bertz CT molecular complexity index is 269. The van der Waals surface area contributed by atoms with Gasteiger partial charge in [-0.3, -0.25) is 5.10 Å². The van der Waals surface area contributed by atoms with Crippen LogP contribution in [0.4, 0.5) is 0 Å². The normalized spacial score (nSPS) is 23.1. The molecule has 1 saturated heterocycles. The van der Waals surface area contributed by atoms with Crippen molar-refractivity contribution in [3.05, 3.63) is 12.2 Å². The number of nitrogens with two attached hydrogens (primary N) is 1. The van der Waals surface area contributed by atoms with Crippen LogP contribution in [0.2, 0.25) is 0 Å². The lowest BCUT2D eigenvalue weighted by Gasteiger charge is -2.11. The number of hydrogen-bond donors (Lipinski definition) is 2. The van der Waals surface area contributed by atoms with Gasteiger partial charge in [0.25, 0.3) is 0 Å². The highest BCUT2D eigenvalue weighted by Crippen LogP contribution is 2.20. The molecule has 1 aliphatic heterocycles. The first kappa shape index (κ1) is 10.6. The third-order valence-electron chi connectivity index (χ3n) is 2.85. The number of rotatable bonds is 5.